The van der Waals surface area contributed by atoms with Crippen molar-refractivity contribution in [3.8, 4) is 0 Å². The molecule has 0 amide bonds. The van der Waals surface area contributed by atoms with Gasteiger partial charge in [-0.3, -0.25) is 4.79 Å². The SMILES string of the molecule is CC1(C)OC2C(=O)[C@@H]([C@H]3COC(C)(C)O3)O[C@H]2O1. The average molecular weight is 258 g/mol. The Balaban J connectivity index is 1.70. The molecule has 1 unspecified atom stereocenters. The summed E-state index contributed by atoms with van der Waals surface area (Å²) in [5, 5.41) is 0. The molecule has 0 saturated carbocycles. The van der Waals surface area contributed by atoms with Crippen LogP contribution < -0.4 is 0 Å². The van der Waals surface area contributed by atoms with Crippen LogP contribution in [0.4, 0.5) is 0 Å². The lowest BCUT2D eigenvalue weighted by Crippen LogP contribution is -2.39. The van der Waals surface area contributed by atoms with Crippen LogP contribution >= 0.6 is 0 Å². The molecule has 4 atom stereocenters. The molecule has 0 radical (unpaired) electrons. The number of ketones is 1. The minimum atomic E-state index is -0.776. The van der Waals surface area contributed by atoms with E-state index in [1.807, 2.05) is 13.8 Å². The van der Waals surface area contributed by atoms with E-state index in [2.05, 4.69) is 0 Å². The first-order valence-electron chi connectivity index (χ1n) is 6.14. The monoisotopic (exact) mass is 258 g/mol. The molecular weight excluding hydrogens is 240 g/mol. The van der Waals surface area contributed by atoms with Gasteiger partial charge in [0.1, 0.15) is 6.10 Å². The zero-order valence-corrected chi connectivity index (χ0v) is 11.0. The predicted octanol–water partition coefficient (Wildman–Crippen LogP) is 0.583. The fraction of sp³-hybridized carbons (Fsp3) is 0.917. The normalized spacial score (nSPS) is 45.4. The van der Waals surface area contributed by atoms with Gasteiger partial charge in [0.25, 0.3) is 0 Å². The number of ether oxygens (including phenoxy) is 5. The Morgan fingerprint density at radius 3 is 2.28 bits per heavy atom. The summed E-state index contributed by atoms with van der Waals surface area (Å²) in [7, 11) is 0. The zero-order valence-electron chi connectivity index (χ0n) is 11.0. The molecule has 3 fully saturated rings. The molecular formula is C12H18O6. The van der Waals surface area contributed by atoms with E-state index >= 15 is 0 Å². The van der Waals surface area contributed by atoms with Gasteiger partial charge in [-0.1, -0.05) is 0 Å². The second kappa shape index (κ2) is 3.74. The molecule has 3 aliphatic rings. The Labute approximate surface area is 105 Å². The molecule has 3 saturated heterocycles. The third kappa shape index (κ3) is 1.98. The number of hydrogen-bond acceptors (Lipinski definition) is 6. The van der Waals surface area contributed by atoms with Gasteiger partial charge in [-0.15, -0.1) is 0 Å². The third-order valence-electron chi connectivity index (χ3n) is 3.27. The van der Waals surface area contributed by atoms with Crippen LogP contribution in [-0.2, 0) is 28.5 Å². The van der Waals surface area contributed by atoms with Gasteiger partial charge in [-0.05, 0) is 27.7 Å². The molecule has 0 aromatic carbocycles. The van der Waals surface area contributed by atoms with Crippen molar-refractivity contribution < 1.29 is 28.5 Å². The third-order valence-corrected chi connectivity index (χ3v) is 3.27. The Morgan fingerprint density at radius 2 is 1.72 bits per heavy atom. The Kier molecular flexibility index (Phi) is 2.60. The Morgan fingerprint density at radius 1 is 1.00 bits per heavy atom. The smallest absolute Gasteiger partial charge is 0.198 e. The van der Waals surface area contributed by atoms with Gasteiger partial charge < -0.3 is 23.7 Å². The topological polar surface area (TPSA) is 63.2 Å². The fourth-order valence-electron chi connectivity index (χ4n) is 2.53. The summed E-state index contributed by atoms with van der Waals surface area (Å²) >= 11 is 0. The van der Waals surface area contributed by atoms with Gasteiger partial charge in [0.15, 0.2) is 35.9 Å². The summed E-state index contributed by atoms with van der Waals surface area (Å²) in [5.74, 6) is -1.58. The molecule has 102 valence electrons. The highest BCUT2D eigenvalue weighted by Gasteiger charge is 2.57. The maximum absolute atomic E-state index is 12.2. The summed E-state index contributed by atoms with van der Waals surface area (Å²) in [6, 6.07) is 0. The highest BCUT2D eigenvalue weighted by molar-refractivity contribution is 5.90. The van der Waals surface area contributed by atoms with Crippen molar-refractivity contribution in [2.45, 2.75) is 63.9 Å². The van der Waals surface area contributed by atoms with E-state index in [4.69, 9.17) is 23.7 Å². The summed E-state index contributed by atoms with van der Waals surface area (Å²) in [6.07, 6.45) is -2.35. The standard InChI is InChI=1S/C12H18O6/c1-11(2)14-5-6(16-11)8-7(13)9-10(15-8)18-12(3,4)17-9/h6,8-10H,5H2,1-4H3/t6-,8-,9?,10+/m1/s1. The number of rotatable bonds is 1. The molecule has 0 N–H and O–H groups in total. The fourth-order valence-corrected chi connectivity index (χ4v) is 2.53. The van der Waals surface area contributed by atoms with Crippen molar-refractivity contribution >= 4 is 5.78 Å². The van der Waals surface area contributed by atoms with Gasteiger partial charge in [0.2, 0.25) is 0 Å². The number of carbonyl (C=O) groups is 1. The van der Waals surface area contributed by atoms with Crippen molar-refractivity contribution in [2.75, 3.05) is 6.61 Å². The molecule has 0 spiro atoms. The van der Waals surface area contributed by atoms with Crippen molar-refractivity contribution in [3.63, 3.8) is 0 Å². The summed E-state index contributed by atoms with van der Waals surface area (Å²) in [6.45, 7) is 7.48. The van der Waals surface area contributed by atoms with Gasteiger partial charge in [-0.2, -0.15) is 0 Å². The van der Waals surface area contributed by atoms with Crippen molar-refractivity contribution in [1.29, 1.82) is 0 Å². The number of Topliss-reactive ketones (excluding diaryl/α,β-unsaturated/α-hetero) is 1. The molecule has 0 aromatic rings. The van der Waals surface area contributed by atoms with Crippen molar-refractivity contribution in [2.24, 2.45) is 0 Å². The van der Waals surface area contributed by atoms with Gasteiger partial charge >= 0.3 is 0 Å². The second-order valence-electron chi connectivity index (χ2n) is 5.75. The highest BCUT2D eigenvalue weighted by atomic mass is 16.8. The minimum absolute atomic E-state index is 0.128. The van der Waals surface area contributed by atoms with Crippen LogP contribution in [0, 0.1) is 0 Å². The van der Waals surface area contributed by atoms with E-state index in [9.17, 15) is 4.79 Å². The average Bonchev–Trinajstić information content (AvgIpc) is 2.81. The second-order valence-corrected chi connectivity index (χ2v) is 5.75. The van der Waals surface area contributed by atoms with E-state index < -0.39 is 36.2 Å². The van der Waals surface area contributed by atoms with Crippen LogP contribution in [-0.4, -0.2) is 48.6 Å². The summed E-state index contributed by atoms with van der Waals surface area (Å²) in [5.41, 5.74) is 0. The molecule has 0 aliphatic carbocycles. The molecule has 18 heavy (non-hydrogen) atoms. The van der Waals surface area contributed by atoms with Crippen LogP contribution in [0.15, 0.2) is 0 Å². The van der Waals surface area contributed by atoms with E-state index in [1.54, 1.807) is 13.8 Å². The van der Waals surface area contributed by atoms with Crippen molar-refractivity contribution in [3.05, 3.63) is 0 Å². The van der Waals surface area contributed by atoms with Crippen LogP contribution in [0.5, 0.6) is 0 Å². The first-order valence-corrected chi connectivity index (χ1v) is 6.14. The highest BCUT2D eigenvalue weighted by Crippen LogP contribution is 2.38. The van der Waals surface area contributed by atoms with E-state index in [1.165, 1.54) is 0 Å². The number of carbonyl (C=O) groups excluding carboxylic acids is 1. The van der Waals surface area contributed by atoms with E-state index in [-0.39, 0.29) is 5.78 Å². The quantitative estimate of drug-likeness (QED) is 0.685. The molecule has 0 bridgehead atoms. The van der Waals surface area contributed by atoms with Crippen LogP contribution in [0.1, 0.15) is 27.7 Å². The predicted molar refractivity (Wildman–Crippen MR) is 58.6 cm³/mol. The lowest BCUT2D eigenvalue weighted by atomic mass is 10.1. The zero-order chi connectivity index (χ0) is 13.1. The molecule has 3 rings (SSSR count). The van der Waals surface area contributed by atoms with Crippen LogP contribution in [0.3, 0.4) is 0 Å². The van der Waals surface area contributed by atoms with E-state index in [0.29, 0.717) is 6.61 Å². The first-order chi connectivity index (χ1) is 8.27. The molecule has 6 nitrogen and oxygen atoms in total. The maximum atomic E-state index is 12.2. The minimum Gasteiger partial charge on any atom is -0.348 e. The molecule has 3 aliphatic heterocycles. The lowest BCUT2D eigenvalue weighted by molar-refractivity contribution is -0.219. The number of fused-ring (bicyclic) bond motifs is 1. The lowest BCUT2D eigenvalue weighted by Gasteiger charge is -2.23. The molecule has 0 aromatic heterocycles. The van der Waals surface area contributed by atoms with Gasteiger partial charge in [0.05, 0.1) is 6.61 Å². The van der Waals surface area contributed by atoms with Crippen LogP contribution in [0.25, 0.3) is 0 Å². The molecule has 3 heterocycles. The molecule has 6 heteroatoms. The number of hydrogen-bond donors (Lipinski definition) is 0. The summed E-state index contributed by atoms with van der Waals surface area (Å²) in [4.78, 5) is 12.2. The first kappa shape index (κ1) is 12.5. The van der Waals surface area contributed by atoms with Gasteiger partial charge in [0, 0.05) is 0 Å². The maximum Gasteiger partial charge on any atom is 0.198 e. The van der Waals surface area contributed by atoms with E-state index in [0.717, 1.165) is 0 Å². The van der Waals surface area contributed by atoms with Crippen molar-refractivity contribution in [1.82, 2.24) is 0 Å². The Hall–Kier alpha value is -0.530. The van der Waals surface area contributed by atoms with Gasteiger partial charge in [-0.25, -0.2) is 0 Å². The Bertz CT molecular complexity index is 377. The largest absolute Gasteiger partial charge is 0.348 e. The van der Waals surface area contributed by atoms with Crippen LogP contribution in [0.2, 0.25) is 0 Å². The summed E-state index contributed by atoms with van der Waals surface area (Å²) < 4.78 is 27.7.